The molecule has 0 bridgehead atoms. The Bertz CT molecular complexity index is 440. The van der Waals surface area contributed by atoms with E-state index < -0.39 is 0 Å². The Morgan fingerprint density at radius 2 is 1.95 bits per heavy atom. The van der Waals surface area contributed by atoms with E-state index in [1.165, 1.54) is 36.3 Å². The topological polar surface area (TPSA) is 74.3 Å². The molecule has 5 heteroatoms. The molecule has 0 atom stereocenters. The fraction of sp³-hybridized carbons (Fsp3) is 0.467. The van der Waals surface area contributed by atoms with Crippen molar-refractivity contribution in [3.05, 3.63) is 29.8 Å². The van der Waals surface area contributed by atoms with E-state index in [9.17, 15) is 0 Å². The van der Waals surface area contributed by atoms with Gasteiger partial charge in [0.1, 0.15) is 0 Å². The van der Waals surface area contributed by atoms with Gasteiger partial charge in [-0.1, -0.05) is 38.3 Å². The lowest BCUT2D eigenvalue weighted by molar-refractivity contribution is 0.706. The number of nitrogens with two attached hydrogens (primary N) is 1. The SMILES string of the molecule is CCCCCCSc1ccc(C(C)=NNC(=N)N)cc1. The summed E-state index contributed by atoms with van der Waals surface area (Å²) in [5, 5.41) is 11.1. The van der Waals surface area contributed by atoms with Gasteiger partial charge in [0.2, 0.25) is 5.96 Å². The van der Waals surface area contributed by atoms with Gasteiger partial charge in [-0.3, -0.25) is 5.41 Å². The van der Waals surface area contributed by atoms with Crippen LogP contribution in [0.3, 0.4) is 0 Å². The number of nitrogens with one attached hydrogen (secondary N) is 2. The molecule has 0 radical (unpaired) electrons. The molecule has 0 aliphatic rings. The number of nitrogens with zero attached hydrogens (tertiary/aromatic N) is 1. The van der Waals surface area contributed by atoms with Gasteiger partial charge >= 0.3 is 0 Å². The maximum atomic E-state index is 7.06. The largest absolute Gasteiger partial charge is 0.369 e. The van der Waals surface area contributed by atoms with Gasteiger partial charge in [0.15, 0.2) is 0 Å². The van der Waals surface area contributed by atoms with Crippen molar-refractivity contribution in [2.75, 3.05) is 5.75 Å². The van der Waals surface area contributed by atoms with E-state index in [-0.39, 0.29) is 5.96 Å². The Kier molecular flexibility index (Phi) is 7.80. The van der Waals surface area contributed by atoms with Crippen molar-refractivity contribution in [3.8, 4) is 0 Å². The molecule has 4 nitrogen and oxygen atoms in total. The summed E-state index contributed by atoms with van der Waals surface area (Å²) in [7, 11) is 0. The third kappa shape index (κ3) is 6.61. The van der Waals surface area contributed by atoms with Gasteiger partial charge in [-0.2, -0.15) is 5.10 Å². The van der Waals surface area contributed by atoms with E-state index in [0.717, 1.165) is 11.3 Å². The smallest absolute Gasteiger partial charge is 0.206 e. The highest BCUT2D eigenvalue weighted by Crippen LogP contribution is 2.20. The van der Waals surface area contributed by atoms with Crippen LogP contribution >= 0.6 is 11.8 Å². The zero-order valence-corrected chi connectivity index (χ0v) is 13.1. The molecule has 0 spiro atoms. The van der Waals surface area contributed by atoms with Gasteiger partial charge in [-0.25, -0.2) is 5.43 Å². The standard InChI is InChI=1S/C15H24N4S/c1-3-4-5-6-11-20-14-9-7-13(8-10-14)12(2)18-19-15(16)17/h7-10H,3-6,11H2,1-2H3,(H4,16,17,19). The average Bonchev–Trinajstić information content (AvgIpc) is 2.45. The second kappa shape index (κ2) is 9.42. The van der Waals surface area contributed by atoms with Crippen molar-refractivity contribution in [1.29, 1.82) is 5.41 Å². The van der Waals surface area contributed by atoms with E-state index in [2.05, 4.69) is 41.7 Å². The molecular weight excluding hydrogens is 268 g/mol. The van der Waals surface area contributed by atoms with Gasteiger partial charge in [0.05, 0.1) is 5.71 Å². The highest BCUT2D eigenvalue weighted by Gasteiger charge is 1.99. The second-order valence-corrected chi connectivity index (χ2v) is 5.82. The van der Waals surface area contributed by atoms with Crippen LogP contribution in [0.1, 0.15) is 45.1 Å². The fourth-order valence-corrected chi connectivity index (χ4v) is 2.63. The van der Waals surface area contributed by atoms with Crippen LogP contribution < -0.4 is 11.2 Å². The third-order valence-electron chi connectivity index (χ3n) is 2.88. The van der Waals surface area contributed by atoms with Crippen LogP contribution in [0.4, 0.5) is 0 Å². The third-order valence-corrected chi connectivity index (χ3v) is 3.98. The summed E-state index contributed by atoms with van der Waals surface area (Å²) in [4.78, 5) is 1.29. The van der Waals surface area contributed by atoms with Crippen molar-refractivity contribution in [1.82, 2.24) is 5.43 Å². The predicted octanol–water partition coefficient (Wildman–Crippen LogP) is 3.57. The molecule has 4 N–H and O–H groups in total. The van der Waals surface area contributed by atoms with Gasteiger partial charge in [-0.15, -0.1) is 11.8 Å². The zero-order valence-electron chi connectivity index (χ0n) is 12.3. The molecule has 0 aliphatic heterocycles. The molecule has 1 aromatic rings. The summed E-state index contributed by atoms with van der Waals surface area (Å²) in [5.41, 5.74) is 9.51. The summed E-state index contributed by atoms with van der Waals surface area (Å²) < 4.78 is 0. The van der Waals surface area contributed by atoms with Crippen LogP contribution in [-0.2, 0) is 0 Å². The number of thioether (sulfide) groups is 1. The fourth-order valence-electron chi connectivity index (χ4n) is 1.72. The first-order valence-corrected chi connectivity index (χ1v) is 7.99. The minimum absolute atomic E-state index is 0.149. The van der Waals surface area contributed by atoms with Gasteiger partial charge in [-0.05, 0) is 36.8 Å². The molecule has 0 unspecified atom stereocenters. The molecule has 0 saturated heterocycles. The van der Waals surface area contributed by atoms with Crippen LogP contribution in [0.5, 0.6) is 0 Å². The molecule has 20 heavy (non-hydrogen) atoms. The highest BCUT2D eigenvalue weighted by molar-refractivity contribution is 7.99. The van der Waals surface area contributed by atoms with Crippen LogP contribution in [-0.4, -0.2) is 17.4 Å². The van der Waals surface area contributed by atoms with Gasteiger partial charge in [0, 0.05) is 4.90 Å². The molecule has 0 saturated carbocycles. The Morgan fingerprint density at radius 3 is 2.55 bits per heavy atom. The highest BCUT2D eigenvalue weighted by atomic mass is 32.2. The van der Waals surface area contributed by atoms with E-state index >= 15 is 0 Å². The van der Waals surface area contributed by atoms with Crippen LogP contribution in [0.25, 0.3) is 0 Å². The molecule has 0 amide bonds. The Balaban J connectivity index is 2.43. The molecule has 1 rings (SSSR count). The predicted molar refractivity (Wildman–Crippen MR) is 88.6 cm³/mol. The summed E-state index contributed by atoms with van der Waals surface area (Å²) in [5.74, 6) is 1.03. The Hall–Kier alpha value is -1.49. The number of hydrazone groups is 1. The minimum atomic E-state index is -0.149. The number of guanidine groups is 1. The first kappa shape index (κ1) is 16.6. The molecule has 110 valence electrons. The average molecular weight is 292 g/mol. The number of rotatable bonds is 8. The van der Waals surface area contributed by atoms with Gasteiger partial charge in [0.25, 0.3) is 0 Å². The lowest BCUT2D eigenvalue weighted by Gasteiger charge is -2.05. The van der Waals surface area contributed by atoms with Crippen LogP contribution in [0, 0.1) is 5.41 Å². The zero-order chi connectivity index (χ0) is 14.8. The van der Waals surface area contributed by atoms with Crippen LogP contribution in [0.15, 0.2) is 34.3 Å². The van der Waals surface area contributed by atoms with Gasteiger partial charge < -0.3 is 5.73 Å². The molecule has 0 heterocycles. The molecule has 0 fully saturated rings. The molecule has 0 aliphatic carbocycles. The van der Waals surface area contributed by atoms with Crippen molar-refractivity contribution in [2.45, 2.75) is 44.4 Å². The minimum Gasteiger partial charge on any atom is -0.369 e. The van der Waals surface area contributed by atoms with Crippen molar-refractivity contribution in [3.63, 3.8) is 0 Å². The lowest BCUT2D eigenvalue weighted by atomic mass is 10.1. The van der Waals surface area contributed by atoms with Crippen LogP contribution in [0.2, 0.25) is 0 Å². The Labute approximate surface area is 125 Å². The second-order valence-electron chi connectivity index (χ2n) is 4.66. The normalized spacial score (nSPS) is 11.4. The number of hydrogen-bond donors (Lipinski definition) is 3. The Morgan fingerprint density at radius 1 is 1.25 bits per heavy atom. The first-order chi connectivity index (χ1) is 9.63. The monoisotopic (exact) mass is 292 g/mol. The number of unbranched alkanes of at least 4 members (excludes halogenated alkanes) is 3. The summed E-state index contributed by atoms with van der Waals surface area (Å²) >= 11 is 1.90. The summed E-state index contributed by atoms with van der Waals surface area (Å²) in [6.07, 6.45) is 5.22. The molecule has 0 aromatic heterocycles. The van der Waals surface area contributed by atoms with E-state index in [1.54, 1.807) is 0 Å². The van der Waals surface area contributed by atoms with Crippen molar-refractivity contribution >= 4 is 23.4 Å². The lowest BCUT2D eigenvalue weighted by Crippen LogP contribution is -2.26. The molecular formula is C15H24N4S. The quantitative estimate of drug-likeness (QED) is 0.225. The number of benzene rings is 1. The first-order valence-electron chi connectivity index (χ1n) is 7.01. The van der Waals surface area contributed by atoms with E-state index in [0.29, 0.717) is 0 Å². The van der Waals surface area contributed by atoms with Crippen molar-refractivity contribution < 1.29 is 0 Å². The van der Waals surface area contributed by atoms with E-state index in [4.69, 9.17) is 11.1 Å². The summed E-state index contributed by atoms with van der Waals surface area (Å²) in [6.45, 7) is 4.12. The molecule has 1 aromatic carbocycles. The van der Waals surface area contributed by atoms with Crippen molar-refractivity contribution in [2.24, 2.45) is 10.8 Å². The van der Waals surface area contributed by atoms with E-state index in [1.807, 2.05) is 18.7 Å². The maximum Gasteiger partial charge on any atom is 0.206 e. The summed E-state index contributed by atoms with van der Waals surface area (Å²) in [6, 6.07) is 8.34. The maximum absolute atomic E-state index is 7.06. The number of hydrogen-bond acceptors (Lipinski definition) is 3.